The lowest BCUT2D eigenvalue weighted by molar-refractivity contribution is 0.229. The lowest BCUT2D eigenvalue weighted by Crippen LogP contribution is -2.26. The highest BCUT2D eigenvalue weighted by Gasteiger charge is 2.52. The van der Waals surface area contributed by atoms with Gasteiger partial charge in [-0.2, -0.15) is 0 Å². The van der Waals surface area contributed by atoms with Crippen LogP contribution in [0.3, 0.4) is 0 Å². The SMILES string of the molecule is CC(C)(C)CC(c1cccc(-c2ccc3c(c2)C2(c4ccccc4-c4ccc(-c5ccc(N(c6cccc(-c7ccccc7)c6)c6cccc(-c7ccc8c(c7)c7ccccc7n8-c7ccccc7)c6)cc5)cc42)c2ccccc2-3)c1)C(C)(C)C. The molecule has 13 aromatic rings. The molecule has 0 N–H and O–H groups in total. The third-order valence-electron chi connectivity index (χ3n) is 18.4. The summed E-state index contributed by atoms with van der Waals surface area (Å²) in [5.41, 5.74) is 28.3. The van der Waals surface area contributed by atoms with Crippen LogP contribution >= 0.6 is 0 Å². The summed E-state index contributed by atoms with van der Waals surface area (Å²) < 4.78 is 2.38. The third kappa shape index (κ3) is 8.85. The largest absolute Gasteiger partial charge is 0.310 e. The maximum Gasteiger partial charge on any atom is 0.0725 e. The van der Waals surface area contributed by atoms with Crippen molar-refractivity contribution in [1.29, 1.82) is 0 Å². The Hall–Kier alpha value is -9.76. The molecule has 1 aromatic heterocycles. The molecule has 1 spiro atoms. The van der Waals surface area contributed by atoms with Gasteiger partial charge in [0.1, 0.15) is 0 Å². The van der Waals surface area contributed by atoms with Gasteiger partial charge in [0.05, 0.1) is 16.4 Å². The molecule has 0 radical (unpaired) electrons. The molecular weight excluding hydrogens is 1020 g/mol. The van der Waals surface area contributed by atoms with Crippen LogP contribution in [0.15, 0.2) is 285 Å². The number of hydrogen-bond donors (Lipinski definition) is 0. The molecule has 2 unspecified atom stereocenters. The van der Waals surface area contributed by atoms with Crippen LogP contribution in [0.1, 0.15) is 81.7 Å². The zero-order chi connectivity index (χ0) is 57.6. The van der Waals surface area contributed by atoms with Crippen LogP contribution in [0.5, 0.6) is 0 Å². The first kappa shape index (κ1) is 52.1. The third-order valence-corrected chi connectivity index (χ3v) is 18.4. The maximum absolute atomic E-state index is 2.54. The first-order valence-electron chi connectivity index (χ1n) is 30.2. The normalized spacial score (nSPS) is 14.5. The highest BCUT2D eigenvalue weighted by Crippen LogP contribution is 2.63. The van der Waals surface area contributed by atoms with Crippen LogP contribution in [0.4, 0.5) is 17.1 Å². The van der Waals surface area contributed by atoms with E-state index in [1.54, 1.807) is 0 Å². The Morgan fingerprint density at radius 2 is 0.776 bits per heavy atom. The standard InChI is InChI=1S/C83H68N2/c1-81(2,3)54-78(82(4,5)6)63-27-19-24-57(48-63)62-41-46-71-69-33-14-17-36-75(69)83(77(71)53-62)74-35-16-13-32-68(74)70-45-40-61(52-76(70)83)56-38-43-65(44-39-56)84(66-30-20-25-58(49-66)55-22-9-7-10-23-55)67-31-21-26-59(50-67)60-42-47-80-73(51-60)72-34-15-18-37-79(72)85(80)64-28-11-8-12-29-64/h7-53,78H,54H2,1-6H3. The van der Waals surface area contributed by atoms with E-state index in [2.05, 4.69) is 336 Å². The second-order valence-electron chi connectivity index (χ2n) is 25.9. The second-order valence-corrected chi connectivity index (χ2v) is 25.9. The van der Waals surface area contributed by atoms with E-state index >= 15 is 0 Å². The number of nitrogens with zero attached hydrogens (tertiary/aromatic N) is 2. The number of rotatable bonds is 10. The average molecular weight is 1090 g/mol. The molecule has 85 heavy (non-hydrogen) atoms. The van der Waals surface area contributed by atoms with Crippen molar-refractivity contribution >= 4 is 38.9 Å². The van der Waals surface area contributed by atoms with Crippen molar-refractivity contribution in [1.82, 2.24) is 4.57 Å². The van der Waals surface area contributed by atoms with Gasteiger partial charge >= 0.3 is 0 Å². The van der Waals surface area contributed by atoms with Crippen LogP contribution in [0.25, 0.3) is 94.3 Å². The van der Waals surface area contributed by atoms with Gasteiger partial charge in [0.25, 0.3) is 0 Å². The Balaban J connectivity index is 0.838. The van der Waals surface area contributed by atoms with Crippen molar-refractivity contribution in [3.63, 3.8) is 0 Å². The van der Waals surface area contributed by atoms with Gasteiger partial charge in [-0.15, -0.1) is 0 Å². The smallest absolute Gasteiger partial charge is 0.0725 e. The van der Waals surface area contributed by atoms with Crippen LogP contribution in [-0.2, 0) is 5.41 Å². The van der Waals surface area contributed by atoms with Gasteiger partial charge in [-0.05, 0) is 197 Å². The first-order valence-corrected chi connectivity index (χ1v) is 30.2. The monoisotopic (exact) mass is 1090 g/mol. The molecule has 0 aliphatic heterocycles. The summed E-state index contributed by atoms with van der Waals surface area (Å²) in [6.07, 6.45) is 1.12. The lowest BCUT2D eigenvalue weighted by Gasteiger charge is -2.36. The second kappa shape index (κ2) is 20.2. The molecule has 1 heterocycles. The van der Waals surface area contributed by atoms with Crippen molar-refractivity contribution < 1.29 is 0 Å². The van der Waals surface area contributed by atoms with Gasteiger partial charge in [0.2, 0.25) is 0 Å². The summed E-state index contributed by atoms with van der Waals surface area (Å²) in [5, 5.41) is 2.48. The minimum absolute atomic E-state index is 0.121. The molecule has 15 rings (SSSR count). The highest BCUT2D eigenvalue weighted by molar-refractivity contribution is 6.10. The van der Waals surface area contributed by atoms with Crippen LogP contribution in [0.2, 0.25) is 0 Å². The number of anilines is 3. The van der Waals surface area contributed by atoms with Crippen molar-refractivity contribution in [3.8, 4) is 72.4 Å². The van der Waals surface area contributed by atoms with Crippen LogP contribution < -0.4 is 4.90 Å². The molecular formula is C83H68N2. The zero-order valence-corrected chi connectivity index (χ0v) is 49.3. The Kier molecular flexibility index (Phi) is 12.4. The summed E-state index contributed by atoms with van der Waals surface area (Å²) in [7, 11) is 0. The van der Waals surface area contributed by atoms with E-state index in [1.165, 1.54) is 111 Å². The number of benzene rings is 12. The minimum Gasteiger partial charge on any atom is -0.310 e. The lowest BCUT2D eigenvalue weighted by atomic mass is 9.68. The summed E-state index contributed by atoms with van der Waals surface area (Å²) in [6.45, 7) is 14.3. The van der Waals surface area contributed by atoms with Crippen molar-refractivity contribution in [2.24, 2.45) is 10.8 Å². The molecule has 410 valence electrons. The van der Waals surface area contributed by atoms with Gasteiger partial charge in [0.15, 0.2) is 0 Å². The summed E-state index contributed by atoms with van der Waals surface area (Å²) in [4.78, 5) is 2.42. The molecule has 0 saturated carbocycles. The van der Waals surface area contributed by atoms with Gasteiger partial charge < -0.3 is 9.47 Å². The summed E-state index contributed by atoms with van der Waals surface area (Å²) in [5.74, 6) is 0.423. The Morgan fingerprint density at radius 3 is 1.40 bits per heavy atom. The first-order chi connectivity index (χ1) is 41.4. The molecule has 0 amide bonds. The fourth-order valence-corrected chi connectivity index (χ4v) is 14.5. The van der Waals surface area contributed by atoms with E-state index in [1.807, 2.05) is 0 Å². The van der Waals surface area contributed by atoms with Gasteiger partial charge in [-0.25, -0.2) is 0 Å². The molecule has 12 aromatic carbocycles. The highest BCUT2D eigenvalue weighted by atomic mass is 15.1. The van der Waals surface area contributed by atoms with Crippen molar-refractivity contribution in [2.45, 2.75) is 59.3 Å². The topological polar surface area (TPSA) is 8.17 Å². The summed E-state index contributed by atoms with van der Waals surface area (Å²) >= 11 is 0. The predicted octanol–water partition coefficient (Wildman–Crippen LogP) is 22.8. The Morgan fingerprint density at radius 1 is 0.329 bits per heavy atom. The van der Waals surface area contributed by atoms with E-state index < -0.39 is 5.41 Å². The molecule has 0 bridgehead atoms. The quantitative estimate of drug-likeness (QED) is 0.132. The number of fused-ring (bicyclic) bond motifs is 13. The number of para-hydroxylation sites is 2. The van der Waals surface area contributed by atoms with E-state index in [9.17, 15) is 0 Å². The molecule has 0 fully saturated rings. The fraction of sp³-hybridized carbons (Fsp3) is 0.133. The molecule has 0 saturated heterocycles. The fourth-order valence-electron chi connectivity index (χ4n) is 14.5. The van der Waals surface area contributed by atoms with Crippen molar-refractivity contribution in [3.05, 3.63) is 313 Å². The molecule has 2 aliphatic rings. The molecule has 2 aliphatic carbocycles. The predicted molar refractivity (Wildman–Crippen MR) is 360 cm³/mol. The maximum atomic E-state index is 2.54. The molecule has 2 heteroatoms. The average Bonchev–Trinajstić information content (AvgIpc) is 1.52. The molecule has 2 nitrogen and oxygen atoms in total. The molecule has 2 atom stereocenters. The van der Waals surface area contributed by atoms with Gasteiger partial charge in [0, 0.05) is 33.5 Å². The van der Waals surface area contributed by atoms with E-state index in [0.29, 0.717) is 5.92 Å². The van der Waals surface area contributed by atoms with Crippen molar-refractivity contribution in [2.75, 3.05) is 4.90 Å². The van der Waals surface area contributed by atoms with Gasteiger partial charge in [-0.1, -0.05) is 248 Å². The van der Waals surface area contributed by atoms with E-state index in [0.717, 1.165) is 34.7 Å². The Bertz CT molecular complexity index is 4690. The van der Waals surface area contributed by atoms with E-state index in [-0.39, 0.29) is 10.8 Å². The zero-order valence-electron chi connectivity index (χ0n) is 49.3. The van der Waals surface area contributed by atoms with E-state index in [4.69, 9.17) is 0 Å². The Labute approximate surface area is 501 Å². The summed E-state index contributed by atoms with van der Waals surface area (Å²) in [6, 6.07) is 107. The van der Waals surface area contributed by atoms with Crippen LogP contribution in [-0.4, -0.2) is 4.57 Å². The minimum atomic E-state index is -0.503. The van der Waals surface area contributed by atoms with Crippen LogP contribution in [0, 0.1) is 10.8 Å². The number of aromatic nitrogens is 1. The number of hydrogen-bond acceptors (Lipinski definition) is 1. The van der Waals surface area contributed by atoms with Gasteiger partial charge in [-0.3, -0.25) is 0 Å².